The van der Waals surface area contributed by atoms with Crippen LogP contribution in [0.25, 0.3) is 0 Å². The van der Waals surface area contributed by atoms with Crippen LogP contribution >= 0.6 is 24.4 Å². The SMILES string of the molecule is SNc1cc(CCl)ccn1. The fourth-order valence-electron chi connectivity index (χ4n) is 0.619. The molecule has 1 N–H and O–H groups in total. The highest BCUT2D eigenvalue weighted by Crippen LogP contribution is 2.08. The third-order valence-electron chi connectivity index (χ3n) is 1.09. The quantitative estimate of drug-likeness (QED) is 0.530. The standard InChI is InChI=1S/C6H7ClN2S/c7-4-5-1-2-8-6(3-5)9-10/h1-3,10H,4H2,(H,8,9). The molecule has 0 atom stereocenters. The van der Waals surface area contributed by atoms with Crippen LogP contribution in [0.15, 0.2) is 18.3 Å². The first-order valence-corrected chi connectivity index (χ1v) is 3.76. The largest absolute Gasteiger partial charge is 0.317 e. The summed E-state index contributed by atoms with van der Waals surface area (Å²) in [5.74, 6) is 1.23. The molecule has 0 fully saturated rings. The van der Waals surface area contributed by atoms with Crippen molar-refractivity contribution in [1.82, 2.24) is 4.98 Å². The highest BCUT2D eigenvalue weighted by atomic mass is 35.5. The van der Waals surface area contributed by atoms with Crippen LogP contribution in [0.1, 0.15) is 5.56 Å². The minimum atomic E-state index is 0.505. The number of halogens is 1. The smallest absolute Gasteiger partial charge is 0.135 e. The number of nitrogens with one attached hydrogen (secondary N) is 1. The van der Waals surface area contributed by atoms with Crippen molar-refractivity contribution in [2.45, 2.75) is 5.88 Å². The van der Waals surface area contributed by atoms with Crippen molar-refractivity contribution in [3.05, 3.63) is 23.9 Å². The summed E-state index contributed by atoms with van der Waals surface area (Å²) in [4.78, 5) is 3.96. The first-order chi connectivity index (χ1) is 4.86. The molecule has 4 heteroatoms. The van der Waals surface area contributed by atoms with Gasteiger partial charge in [0, 0.05) is 12.1 Å². The van der Waals surface area contributed by atoms with Crippen LogP contribution < -0.4 is 4.72 Å². The van der Waals surface area contributed by atoms with E-state index in [1.54, 1.807) is 6.20 Å². The Morgan fingerprint density at radius 3 is 3.10 bits per heavy atom. The van der Waals surface area contributed by atoms with Crippen molar-refractivity contribution >= 4 is 30.2 Å². The lowest BCUT2D eigenvalue weighted by molar-refractivity contribution is 1.28. The van der Waals surface area contributed by atoms with Crippen molar-refractivity contribution in [2.24, 2.45) is 0 Å². The van der Waals surface area contributed by atoms with E-state index in [4.69, 9.17) is 11.6 Å². The second kappa shape index (κ2) is 3.68. The van der Waals surface area contributed by atoms with Crippen molar-refractivity contribution in [2.75, 3.05) is 4.72 Å². The third-order valence-corrected chi connectivity index (χ3v) is 1.63. The van der Waals surface area contributed by atoms with Crippen LogP contribution in [-0.2, 0) is 5.88 Å². The summed E-state index contributed by atoms with van der Waals surface area (Å²) in [6, 6.07) is 3.71. The van der Waals surface area contributed by atoms with Crippen molar-refractivity contribution in [3.63, 3.8) is 0 Å². The van der Waals surface area contributed by atoms with Gasteiger partial charge in [0.05, 0.1) is 0 Å². The first-order valence-electron chi connectivity index (χ1n) is 2.78. The van der Waals surface area contributed by atoms with Gasteiger partial charge in [-0.2, -0.15) is 0 Å². The maximum Gasteiger partial charge on any atom is 0.135 e. The van der Waals surface area contributed by atoms with Crippen molar-refractivity contribution < 1.29 is 0 Å². The Labute approximate surface area is 70.2 Å². The summed E-state index contributed by atoms with van der Waals surface area (Å²) in [5, 5.41) is 0. The van der Waals surface area contributed by atoms with Crippen molar-refractivity contribution in [1.29, 1.82) is 0 Å². The van der Waals surface area contributed by atoms with Gasteiger partial charge in [-0.05, 0) is 17.7 Å². The molecule has 0 aromatic carbocycles. The Bertz CT molecular complexity index is 197. The number of thiol groups is 1. The van der Waals surface area contributed by atoms with Gasteiger partial charge in [0.15, 0.2) is 0 Å². The summed E-state index contributed by atoms with van der Waals surface area (Å²) in [6.45, 7) is 0. The lowest BCUT2D eigenvalue weighted by Gasteiger charge is -1.98. The molecule has 0 aliphatic rings. The fourth-order valence-corrected chi connectivity index (χ4v) is 0.907. The van der Waals surface area contributed by atoms with Gasteiger partial charge in [0.1, 0.15) is 5.82 Å². The Hall–Kier alpha value is -0.410. The molecule has 0 bridgehead atoms. The van der Waals surface area contributed by atoms with Crippen LogP contribution in [0.3, 0.4) is 0 Å². The zero-order valence-electron chi connectivity index (χ0n) is 5.21. The van der Waals surface area contributed by atoms with Crippen LogP contribution in [-0.4, -0.2) is 4.98 Å². The molecule has 1 rings (SSSR count). The molecular formula is C6H7ClN2S. The Kier molecular flexibility index (Phi) is 2.83. The highest BCUT2D eigenvalue weighted by molar-refractivity contribution is 7.81. The molecule has 1 aromatic rings. The molecule has 2 nitrogen and oxygen atoms in total. The van der Waals surface area contributed by atoms with E-state index in [2.05, 4.69) is 22.5 Å². The summed E-state index contributed by atoms with van der Waals surface area (Å²) in [6.07, 6.45) is 1.69. The molecule has 0 unspecified atom stereocenters. The van der Waals surface area contributed by atoms with Gasteiger partial charge in [0.25, 0.3) is 0 Å². The number of nitrogens with zero attached hydrogens (tertiary/aromatic N) is 1. The minimum absolute atomic E-state index is 0.505. The topological polar surface area (TPSA) is 24.9 Å². The van der Waals surface area contributed by atoms with E-state index < -0.39 is 0 Å². The highest BCUT2D eigenvalue weighted by Gasteiger charge is 1.91. The predicted molar refractivity (Wildman–Crippen MR) is 46.4 cm³/mol. The number of alkyl halides is 1. The summed E-state index contributed by atoms with van der Waals surface area (Å²) < 4.78 is 2.63. The molecular weight excluding hydrogens is 168 g/mol. The third kappa shape index (κ3) is 1.78. The van der Waals surface area contributed by atoms with Gasteiger partial charge in [-0.3, -0.25) is 0 Å². The molecule has 0 saturated heterocycles. The molecule has 0 saturated carbocycles. The van der Waals surface area contributed by atoms with Gasteiger partial charge in [0.2, 0.25) is 0 Å². The molecule has 0 radical (unpaired) electrons. The predicted octanol–water partition coefficient (Wildman–Crippen LogP) is 2.08. The molecule has 1 heterocycles. The fraction of sp³-hybridized carbons (Fsp3) is 0.167. The Balaban J connectivity index is 2.87. The second-order valence-corrected chi connectivity index (χ2v) is 2.29. The van der Waals surface area contributed by atoms with E-state index in [1.165, 1.54) is 0 Å². The van der Waals surface area contributed by atoms with E-state index in [-0.39, 0.29) is 0 Å². The van der Waals surface area contributed by atoms with Gasteiger partial charge in [-0.25, -0.2) is 4.98 Å². The first kappa shape index (κ1) is 7.69. The van der Waals surface area contributed by atoms with E-state index in [0.717, 1.165) is 11.4 Å². The number of pyridine rings is 1. The molecule has 10 heavy (non-hydrogen) atoms. The van der Waals surface area contributed by atoms with Gasteiger partial charge >= 0.3 is 0 Å². The number of anilines is 1. The van der Waals surface area contributed by atoms with Crippen LogP contribution in [0, 0.1) is 0 Å². The minimum Gasteiger partial charge on any atom is -0.317 e. The van der Waals surface area contributed by atoms with Crippen LogP contribution in [0.4, 0.5) is 5.82 Å². The average molecular weight is 175 g/mol. The molecule has 1 aromatic heterocycles. The zero-order chi connectivity index (χ0) is 7.40. The zero-order valence-corrected chi connectivity index (χ0v) is 6.86. The van der Waals surface area contributed by atoms with E-state index >= 15 is 0 Å². The maximum atomic E-state index is 5.58. The van der Waals surface area contributed by atoms with Gasteiger partial charge in [-0.15, -0.1) is 11.6 Å². The maximum absolute atomic E-state index is 5.58. The number of hydrogen-bond acceptors (Lipinski definition) is 3. The van der Waals surface area contributed by atoms with Crippen LogP contribution in [0.5, 0.6) is 0 Å². The van der Waals surface area contributed by atoms with Gasteiger partial charge < -0.3 is 4.72 Å². The molecule has 0 spiro atoms. The van der Waals surface area contributed by atoms with E-state index in [9.17, 15) is 0 Å². The van der Waals surface area contributed by atoms with Crippen LogP contribution in [0.2, 0.25) is 0 Å². The van der Waals surface area contributed by atoms with Gasteiger partial charge in [-0.1, -0.05) is 12.8 Å². The van der Waals surface area contributed by atoms with E-state index in [0.29, 0.717) is 5.88 Å². The average Bonchev–Trinajstić information content (AvgIpc) is 2.05. The summed E-state index contributed by atoms with van der Waals surface area (Å²) in [7, 11) is 0. The molecule has 0 aliphatic heterocycles. The lowest BCUT2D eigenvalue weighted by Crippen LogP contribution is -1.86. The summed E-state index contributed by atoms with van der Waals surface area (Å²) in [5.41, 5.74) is 1.04. The lowest BCUT2D eigenvalue weighted by atomic mass is 10.3. The number of rotatable bonds is 2. The summed E-state index contributed by atoms with van der Waals surface area (Å²) >= 11 is 9.42. The Morgan fingerprint density at radius 2 is 2.50 bits per heavy atom. The number of aromatic nitrogens is 1. The van der Waals surface area contributed by atoms with E-state index in [1.807, 2.05) is 12.1 Å². The molecule has 0 amide bonds. The Morgan fingerprint density at radius 1 is 1.70 bits per heavy atom. The second-order valence-electron chi connectivity index (χ2n) is 1.79. The molecule has 54 valence electrons. The molecule has 0 aliphatic carbocycles. The monoisotopic (exact) mass is 174 g/mol. The van der Waals surface area contributed by atoms with Crippen molar-refractivity contribution in [3.8, 4) is 0 Å². The number of hydrogen-bond donors (Lipinski definition) is 2. The normalized spacial score (nSPS) is 9.40.